The lowest BCUT2D eigenvalue weighted by atomic mass is 10.1. The van der Waals surface area contributed by atoms with Crippen LogP contribution in [0.1, 0.15) is 25.0 Å². The molecule has 1 aromatic heterocycles. The molecule has 1 N–H and O–H groups in total. The van der Waals surface area contributed by atoms with Crippen molar-refractivity contribution in [3.05, 3.63) is 82.1 Å². The zero-order valence-electron chi connectivity index (χ0n) is 18.3. The Hall–Kier alpha value is -4.40. The van der Waals surface area contributed by atoms with Crippen molar-refractivity contribution >= 4 is 35.0 Å². The van der Waals surface area contributed by atoms with Gasteiger partial charge in [0.05, 0.1) is 10.6 Å². The number of rotatable bonds is 5. The van der Waals surface area contributed by atoms with Gasteiger partial charge in [-0.25, -0.2) is 5.01 Å². The first-order valence-electron chi connectivity index (χ1n) is 11.1. The van der Waals surface area contributed by atoms with Gasteiger partial charge in [0, 0.05) is 24.7 Å². The van der Waals surface area contributed by atoms with Gasteiger partial charge in [-0.2, -0.15) is 0 Å². The van der Waals surface area contributed by atoms with Crippen molar-refractivity contribution < 1.29 is 18.9 Å². The molecule has 2 aromatic carbocycles. The molecular weight excluding hydrogens is 436 g/mol. The van der Waals surface area contributed by atoms with E-state index in [-0.39, 0.29) is 16.2 Å². The fraction of sp³-hybridized carbons (Fsp3) is 0.200. The number of anilines is 2. The third-order valence-corrected chi connectivity index (χ3v) is 5.97. The Labute approximate surface area is 195 Å². The summed E-state index contributed by atoms with van der Waals surface area (Å²) >= 11 is 0. The normalized spacial score (nSPS) is 17.4. The molecule has 2 saturated heterocycles. The predicted octanol–water partition coefficient (Wildman–Crippen LogP) is 4.31. The highest BCUT2D eigenvalue weighted by atomic mass is 16.6. The van der Waals surface area contributed by atoms with E-state index in [1.54, 1.807) is 48.5 Å². The number of nitro groups is 1. The zero-order chi connectivity index (χ0) is 23.7. The standard InChI is InChI=1S/C25H22N4O5/c30-24-20(25(31)28(26-24)18-7-3-1-4-8-18)16-19-10-12-23(34-19)17-9-11-21(22(15-17)29(32)33)27-13-5-2-6-14-27/h1,3-4,7-12,15-16H,2,5-6,13-14H2,(H,26,30)/b20-16-. The second-order valence-corrected chi connectivity index (χ2v) is 8.19. The van der Waals surface area contributed by atoms with E-state index >= 15 is 0 Å². The van der Waals surface area contributed by atoms with Crippen LogP contribution in [-0.2, 0) is 9.59 Å². The average molecular weight is 458 g/mol. The number of para-hydroxylation sites is 1. The number of hydrogen-bond donors (Lipinski definition) is 1. The van der Waals surface area contributed by atoms with Gasteiger partial charge in [0.15, 0.2) is 0 Å². The molecular formula is C25H22N4O5. The molecule has 0 atom stereocenters. The number of carbonyl (C=O) groups excluding carboxylic acids is 2. The third kappa shape index (κ3) is 4.03. The molecule has 0 radical (unpaired) electrons. The van der Waals surface area contributed by atoms with Gasteiger partial charge >= 0.3 is 0 Å². The minimum Gasteiger partial charge on any atom is -0.457 e. The molecule has 2 fully saturated rings. The molecule has 0 unspecified atom stereocenters. The molecule has 172 valence electrons. The minimum atomic E-state index is -0.534. The summed E-state index contributed by atoms with van der Waals surface area (Å²) in [5.74, 6) is -0.318. The summed E-state index contributed by atoms with van der Waals surface area (Å²) in [7, 11) is 0. The average Bonchev–Trinajstić information content (AvgIpc) is 3.45. The fourth-order valence-corrected chi connectivity index (χ4v) is 4.27. The highest BCUT2D eigenvalue weighted by Crippen LogP contribution is 2.35. The van der Waals surface area contributed by atoms with Crippen molar-refractivity contribution in [2.24, 2.45) is 0 Å². The van der Waals surface area contributed by atoms with Crippen LogP contribution in [0, 0.1) is 10.1 Å². The summed E-state index contributed by atoms with van der Waals surface area (Å²) < 4.78 is 5.83. The van der Waals surface area contributed by atoms with Crippen molar-refractivity contribution in [1.29, 1.82) is 0 Å². The molecule has 3 aromatic rings. The maximum atomic E-state index is 12.8. The Morgan fingerprint density at radius 2 is 1.74 bits per heavy atom. The lowest BCUT2D eigenvalue weighted by Gasteiger charge is -2.28. The number of hydrogen-bond acceptors (Lipinski definition) is 6. The summed E-state index contributed by atoms with van der Waals surface area (Å²) in [6.45, 7) is 1.60. The van der Waals surface area contributed by atoms with E-state index in [9.17, 15) is 19.7 Å². The van der Waals surface area contributed by atoms with E-state index in [4.69, 9.17) is 4.42 Å². The van der Waals surface area contributed by atoms with E-state index in [1.807, 2.05) is 11.0 Å². The van der Waals surface area contributed by atoms with Gasteiger partial charge < -0.3 is 9.32 Å². The molecule has 9 heteroatoms. The Morgan fingerprint density at radius 3 is 2.47 bits per heavy atom. The summed E-state index contributed by atoms with van der Waals surface area (Å²) in [4.78, 5) is 38.6. The SMILES string of the molecule is O=C1NN(c2ccccc2)C(=O)/C1=C\c1ccc(-c2ccc(N3CCCCC3)c([N+](=O)[O-])c2)o1. The van der Waals surface area contributed by atoms with Gasteiger partial charge in [-0.1, -0.05) is 18.2 Å². The number of carbonyl (C=O) groups is 2. The number of piperidine rings is 1. The number of nitrogens with zero attached hydrogens (tertiary/aromatic N) is 3. The number of nitro benzene ring substituents is 1. The summed E-state index contributed by atoms with van der Waals surface area (Å²) in [6.07, 6.45) is 4.55. The van der Waals surface area contributed by atoms with Crippen LogP contribution in [0.2, 0.25) is 0 Å². The van der Waals surface area contributed by atoms with Crippen LogP contribution in [-0.4, -0.2) is 29.8 Å². The van der Waals surface area contributed by atoms with E-state index in [1.165, 1.54) is 17.2 Å². The van der Waals surface area contributed by atoms with Gasteiger partial charge in [0.2, 0.25) is 0 Å². The molecule has 5 rings (SSSR count). The van der Waals surface area contributed by atoms with Crippen molar-refractivity contribution in [2.75, 3.05) is 23.0 Å². The zero-order valence-corrected chi connectivity index (χ0v) is 18.3. The lowest BCUT2D eigenvalue weighted by Crippen LogP contribution is -2.35. The molecule has 0 saturated carbocycles. The van der Waals surface area contributed by atoms with Crippen LogP contribution in [0.4, 0.5) is 17.1 Å². The molecule has 0 bridgehead atoms. The first kappa shape index (κ1) is 21.4. The first-order valence-corrected chi connectivity index (χ1v) is 11.1. The Bertz CT molecular complexity index is 1290. The minimum absolute atomic E-state index is 0.0274. The summed E-state index contributed by atoms with van der Waals surface area (Å²) in [5, 5.41) is 12.9. The lowest BCUT2D eigenvalue weighted by molar-refractivity contribution is -0.384. The van der Waals surface area contributed by atoms with Crippen molar-refractivity contribution in [1.82, 2.24) is 5.43 Å². The molecule has 0 aliphatic carbocycles. The Kier molecular flexibility index (Phi) is 5.59. The largest absolute Gasteiger partial charge is 0.457 e. The van der Waals surface area contributed by atoms with Crippen molar-refractivity contribution in [3.8, 4) is 11.3 Å². The van der Waals surface area contributed by atoms with Crippen LogP contribution >= 0.6 is 0 Å². The highest BCUT2D eigenvalue weighted by Gasteiger charge is 2.34. The molecule has 2 aliphatic heterocycles. The highest BCUT2D eigenvalue weighted by molar-refractivity contribution is 6.31. The Balaban J connectivity index is 1.41. The molecule has 2 aliphatic rings. The van der Waals surface area contributed by atoms with Crippen LogP contribution in [0.25, 0.3) is 17.4 Å². The first-order chi connectivity index (χ1) is 16.5. The van der Waals surface area contributed by atoms with Crippen molar-refractivity contribution in [2.45, 2.75) is 19.3 Å². The predicted molar refractivity (Wildman–Crippen MR) is 127 cm³/mol. The molecule has 34 heavy (non-hydrogen) atoms. The maximum Gasteiger partial charge on any atom is 0.293 e. The van der Waals surface area contributed by atoms with Crippen LogP contribution in [0.5, 0.6) is 0 Å². The maximum absolute atomic E-state index is 12.8. The second kappa shape index (κ2) is 8.86. The van der Waals surface area contributed by atoms with Gasteiger partial charge in [-0.05, 0) is 61.7 Å². The van der Waals surface area contributed by atoms with Gasteiger partial charge in [-0.15, -0.1) is 0 Å². The molecule has 2 amide bonds. The number of nitrogens with one attached hydrogen (secondary N) is 1. The van der Waals surface area contributed by atoms with E-state index in [0.717, 1.165) is 32.4 Å². The summed E-state index contributed by atoms with van der Waals surface area (Å²) in [5.41, 5.74) is 4.21. The number of amides is 2. The van der Waals surface area contributed by atoms with E-state index in [2.05, 4.69) is 5.43 Å². The third-order valence-electron chi connectivity index (χ3n) is 5.97. The number of benzene rings is 2. The smallest absolute Gasteiger partial charge is 0.293 e. The summed E-state index contributed by atoms with van der Waals surface area (Å²) in [6, 6.07) is 17.1. The molecule has 9 nitrogen and oxygen atoms in total. The second-order valence-electron chi connectivity index (χ2n) is 8.19. The van der Waals surface area contributed by atoms with Crippen LogP contribution in [0.15, 0.2) is 70.7 Å². The fourth-order valence-electron chi connectivity index (χ4n) is 4.27. The van der Waals surface area contributed by atoms with E-state index < -0.39 is 11.8 Å². The van der Waals surface area contributed by atoms with E-state index in [0.29, 0.717) is 28.5 Å². The van der Waals surface area contributed by atoms with Crippen molar-refractivity contribution in [3.63, 3.8) is 0 Å². The van der Waals surface area contributed by atoms with Crippen LogP contribution < -0.4 is 15.3 Å². The molecule has 0 spiro atoms. The monoisotopic (exact) mass is 458 g/mol. The number of hydrazine groups is 1. The van der Waals surface area contributed by atoms with Gasteiger partial charge in [0.1, 0.15) is 22.8 Å². The topological polar surface area (TPSA) is 109 Å². The van der Waals surface area contributed by atoms with Crippen LogP contribution in [0.3, 0.4) is 0 Å². The number of furan rings is 1. The Morgan fingerprint density at radius 1 is 0.971 bits per heavy atom. The van der Waals surface area contributed by atoms with Gasteiger partial charge in [-0.3, -0.25) is 25.1 Å². The quantitative estimate of drug-likeness (QED) is 0.264. The molecule has 3 heterocycles. The van der Waals surface area contributed by atoms with Gasteiger partial charge in [0.25, 0.3) is 17.5 Å².